The molecule has 1 rings (SSSR count). The number of hydrogen-bond donors (Lipinski definition) is 1. The number of aliphatic hydroxyl groups is 1. The molecule has 0 aliphatic carbocycles. The number of aliphatic hydroxyl groups excluding tert-OH is 1. The predicted octanol–water partition coefficient (Wildman–Crippen LogP) is 2.02. The molecule has 1 unspecified atom stereocenters. The van der Waals surface area contributed by atoms with E-state index < -0.39 is 0 Å². The van der Waals surface area contributed by atoms with Gasteiger partial charge in [-0.25, -0.2) is 0 Å². The maximum absolute atomic E-state index is 9.24. The predicted molar refractivity (Wildman–Crippen MR) is 55.8 cm³/mol. The summed E-state index contributed by atoms with van der Waals surface area (Å²) in [7, 11) is 0. The molecule has 0 radical (unpaired) electrons. The van der Waals surface area contributed by atoms with Crippen molar-refractivity contribution in [2.75, 3.05) is 19.7 Å². The molecule has 0 aromatic heterocycles. The fraction of sp³-hybridized carbons (Fsp3) is 1.00. The number of likely N-dealkylation sites (tertiary alicyclic amines) is 1. The lowest BCUT2D eigenvalue weighted by atomic mass is 10.1. The van der Waals surface area contributed by atoms with Crippen molar-refractivity contribution < 1.29 is 5.11 Å². The van der Waals surface area contributed by atoms with Crippen LogP contribution in [0, 0.1) is 0 Å². The van der Waals surface area contributed by atoms with E-state index in [9.17, 15) is 5.11 Å². The van der Waals surface area contributed by atoms with Crippen molar-refractivity contribution in [1.29, 1.82) is 0 Å². The third-order valence-electron chi connectivity index (χ3n) is 3.01. The molecular formula is C11H23NO. The van der Waals surface area contributed by atoms with Gasteiger partial charge in [0, 0.05) is 6.04 Å². The monoisotopic (exact) mass is 185 g/mol. The number of rotatable bonds is 4. The van der Waals surface area contributed by atoms with Gasteiger partial charge in [-0.1, -0.05) is 26.2 Å². The fourth-order valence-electron chi connectivity index (χ4n) is 2.10. The average Bonchev–Trinajstić information content (AvgIpc) is 2.39. The summed E-state index contributed by atoms with van der Waals surface area (Å²) < 4.78 is 0. The summed E-state index contributed by atoms with van der Waals surface area (Å²) in [4.78, 5) is 2.48. The Bertz CT molecular complexity index is 127. The van der Waals surface area contributed by atoms with E-state index in [2.05, 4.69) is 11.8 Å². The Balaban J connectivity index is 2.34. The zero-order valence-electron chi connectivity index (χ0n) is 8.84. The van der Waals surface area contributed by atoms with Crippen molar-refractivity contribution in [3.05, 3.63) is 0 Å². The Hall–Kier alpha value is -0.0800. The topological polar surface area (TPSA) is 23.5 Å². The van der Waals surface area contributed by atoms with Gasteiger partial charge in [-0.3, -0.25) is 4.90 Å². The number of hydrogen-bond acceptors (Lipinski definition) is 2. The van der Waals surface area contributed by atoms with Crippen molar-refractivity contribution in [2.24, 2.45) is 0 Å². The SMILES string of the molecule is CCCCN1CCCCCC1CO. The largest absolute Gasteiger partial charge is 0.395 e. The lowest BCUT2D eigenvalue weighted by Crippen LogP contribution is -2.38. The molecule has 1 aliphatic rings. The average molecular weight is 185 g/mol. The smallest absolute Gasteiger partial charge is 0.0586 e. The molecule has 0 bridgehead atoms. The first-order valence-corrected chi connectivity index (χ1v) is 5.73. The van der Waals surface area contributed by atoms with E-state index >= 15 is 0 Å². The Morgan fingerprint density at radius 3 is 2.85 bits per heavy atom. The molecule has 1 aliphatic heterocycles. The molecule has 1 atom stereocenters. The summed E-state index contributed by atoms with van der Waals surface area (Å²) in [5.74, 6) is 0. The number of nitrogens with zero attached hydrogens (tertiary/aromatic N) is 1. The van der Waals surface area contributed by atoms with Gasteiger partial charge in [0.15, 0.2) is 0 Å². The van der Waals surface area contributed by atoms with Crippen LogP contribution >= 0.6 is 0 Å². The van der Waals surface area contributed by atoms with E-state index in [4.69, 9.17) is 0 Å². The van der Waals surface area contributed by atoms with Crippen LogP contribution in [0.15, 0.2) is 0 Å². The van der Waals surface area contributed by atoms with E-state index in [1.54, 1.807) is 0 Å². The summed E-state index contributed by atoms with van der Waals surface area (Å²) in [5.41, 5.74) is 0. The third kappa shape index (κ3) is 3.65. The van der Waals surface area contributed by atoms with Crippen LogP contribution < -0.4 is 0 Å². The van der Waals surface area contributed by atoms with E-state index in [0.717, 1.165) is 0 Å². The van der Waals surface area contributed by atoms with Crippen LogP contribution in [0.5, 0.6) is 0 Å². The molecule has 1 N–H and O–H groups in total. The summed E-state index contributed by atoms with van der Waals surface area (Å²) >= 11 is 0. The summed E-state index contributed by atoms with van der Waals surface area (Å²) in [6.07, 6.45) is 7.69. The Morgan fingerprint density at radius 2 is 2.15 bits per heavy atom. The first-order valence-electron chi connectivity index (χ1n) is 5.73. The van der Waals surface area contributed by atoms with Gasteiger partial charge in [-0.15, -0.1) is 0 Å². The van der Waals surface area contributed by atoms with Gasteiger partial charge in [0.1, 0.15) is 0 Å². The molecule has 1 fully saturated rings. The maximum atomic E-state index is 9.24. The van der Waals surface area contributed by atoms with Gasteiger partial charge < -0.3 is 5.11 Å². The molecule has 0 aromatic carbocycles. The second-order valence-electron chi connectivity index (χ2n) is 4.08. The van der Waals surface area contributed by atoms with Gasteiger partial charge in [-0.2, -0.15) is 0 Å². The standard InChI is InChI=1S/C11H23NO/c1-2-3-8-12-9-6-4-5-7-11(12)10-13/h11,13H,2-10H2,1H3. The van der Waals surface area contributed by atoms with Gasteiger partial charge in [-0.05, 0) is 32.4 Å². The lowest BCUT2D eigenvalue weighted by molar-refractivity contribution is 0.123. The molecule has 0 saturated carbocycles. The van der Waals surface area contributed by atoms with Crippen molar-refractivity contribution in [1.82, 2.24) is 4.90 Å². The van der Waals surface area contributed by atoms with Crippen molar-refractivity contribution in [3.8, 4) is 0 Å². The van der Waals surface area contributed by atoms with E-state index in [1.165, 1.54) is 51.6 Å². The molecule has 2 nitrogen and oxygen atoms in total. The summed E-state index contributed by atoms with van der Waals surface area (Å²) in [6.45, 7) is 4.96. The van der Waals surface area contributed by atoms with Crippen LogP contribution in [0.3, 0.4) is 0 Å². The Labute approximate surface area is 81.9 Å². The van der Waals surface area contributed by atoms with Gasteiger partial charge in [0.25, 0.3) is 0 Å². The first kappa shape index (κ1) is 11.0. The lowest BCUT2D eigenvalue weighted by Gasteiger charge is -2.28. The van der Waals surface area contributed by atoms with E-state index in [-0.39, 0.29) is 0 Å². The molecule has 1 heterocycles. The second kappa shape index (κ2) is 6.39. The van der Waals surface area contributed by atoms with Crippen molar-refractivity contribution in [3.63, 3.8) is 0 Å². The highest BCUT2D eigenvalue weighted by Gasteiger charge is 2.18. The van der Waals surface area contributed by atoms with E-state index in [1.807, 2.05) is 0 Å². The maximum Gasteiger partial charge on any atom is 0.0586 e. The van der Waals surface area contributed by atoms with Gasteiger partial charge in [0.2, 0.25) is 0 Å². The molecule has 2 heteroatoms. The normalized spacial score (nSPS) is 25.8. The molecule has 78 valence electrons. The highest BCUT2D eigenvalue weighted by molar-refractivity contribution is 4.74. The Kier molecular flexibility index (Phi) is 5.40. The van der Waals surface area contributed by atoms with Crippen molar-refractivity contribution in [2.45, 2.75) is 51.5 Å². The highest BCUT2D eigenvalue weighted by Crippen LogP contribution is 2.16. The third-order valence-corrected chi connectivity index (χ3v) is 3.01. The minimum atomic E-state index is 0.351. The summed E-state index contributed by atoms with van der Waals surface area (Å²) in [6, 6.07) is 0.453. The first-order chi connectivity index (χ1) is 6.38. The minimum absolute atomic E-state index is 0.351. The quantitative estimate of drug-likeness (QED) is 0.724. The fourth-order valence-corrected chi connectivity index (χ4v) is 2.10. The highest BCUT2D eigenvalue weighted by atomic mass is 16.3. The molecular weight excluding hydrogens is 162 g/mol. The molecule has 0 aromatic rings. The van der Waals surface area contributed by atoms with Crippen LogP contribution in [-0.4, -0.2) is 35.7 Å². The summed E-state index contributed by atoms with van der Waals surface area (Å²) in [5, 5.41) is 9.24. The van der Waals surface area contributed by atoms with Gasteiger partial charge in [0.05, 0.1) is 6.61 Å². The second-order valence-corrected chi connectivity index (χ2v) is 4.08. The van der Waals surface area contributed by atoms with Crippen LogP contribution in [0.2, 0.25) is 0 Å². The van der Waals surface area contributed by atoms with Crippen LogP contribution in [0.4, 0.5) is 0 Å². The van der Waals surface area contributed by atoms with Crippen molar-refractivity contribution >= 4 is 0 Å². The minimum Gasteiger partial charge on any atom is -0.395 e. The number of unbranched alkanes of at least 4 members (excludes halogenated alkanes) is 1. The van der Waals surface area contributed by atoms with Crippen LogP contribution in [0.1, 0.15) is 45.4 Å². The molecule has 0 spiro atoms. The zero-order chi connectivity index (χ0) is 9.52. The molecule has 1 saturated heterocycles. The molecule has 0 amide bonds. The molecule has 13 heavy (non-hydrogen) atoms. The van der Waals surface area contributed by atoms with Crippen LogP contribution in [-0.2, 0) is 0 Å². The van der Waals surface area contributed by atoms with E-state index in [0.29, 0.717) is 12.6 Å². The Morgan fingerprint density at radius 1 is 1.31 bits per heavy atom. The van der Waals surface area contributed by atoms with Gasteiger partial charge >= 0.3 is 0 Å². The van der Waals surface area contributed by atoms with Crippen LogP contribution in [0.25, 0.3) is 0 Å². The zero-order valence-corrected chi connectivity index (χ0v) is 8.84.